The summed E-state index contributed by atoms with van der Waals surface area (Å²) < 4.78 is 1.00. The molecule has 2 rings (SSSR count). The molecule has 0 amide bonds. The molecule has 0 bridgehead atoms. The van der Waals surface area contributed by atoms with Gasteiger partial charge in [0.05, 0.1) is 12.0 Å². The van der Waals surface area contributed by atoms with Crippen molar-refractivity contribution in [1.29, 1.82) is 0 Å². The molecule has 0 aromatic carbocycles. The van der Waals surface area contributed by atoms with Crippen LogP contribution in [0.2, 0.25) is 0 Å². The minimum absolute atomic E-state index is 0.558. The maximum Gasteiger partial charge on any atom is 0.328 e. The van der Waals surface area contributed by atoms with Crippen LogP contribution in [0.3, 0.4) is 0 Å². The summed E-state index contributed by atoms with van der Waals surface area (Å²) in [6.45, 7) is 0. The molecule has 0 fully saturated rings. The van der Waals surface area contributed by atoms with Crippen molar-refractivity contribution in [2.75, 3.05) is 0 Å². The number of pyridine rings is 1. The molecule has 2 heterocycles. The fourth-order valence-electron chi connectivity index (χ4n) is 1.29. The van der Waals surface area contributed by atoms with Crippen LogP contribution in [0.25, 0.3) is 0 Å². The van der Waals surface area contributed by atoms with E-state index in [2.05, 4.69) is 30.9 Å². The zero-order valence-electron chi connectivity index (χ0n) is 10.7. The molecular formula is C13H12BrN3O4. The predicted molar refractivity (Wildman–Crippen MR) is 77.7 cm³/mol. The van der Waals surface area contributed by atoms with Gasteiger partial charge in [0.25, 0.3) is 0 Å². The second-order valence-corrected chi connectivity index (χ2v) is 4.67. The smallest absolute Gasteiger partial charge is 0.328 e. The van der Waals surface area contributed by atoms with Crippen molar-refractivity contribution in [1.82, 2.24) is 15.0 Å². The number of hydrogen-bond donors (Lipinski definition) is 3. The number of H-pyrrole nitrogens is 1. The van der Waals surface area contributed by atoms with Gasteiger partial charge >= 0.3 is 11.9 Å². The Kier molecular flexibility index (Phi) is 6.82. The molecule has 8 heteroatoms. The summed E-state index contributed by atoms with van der Waals surface area (Å²) >= 11 is 3.38. The van der Waals surface area contributed by atoms with Gasteiger partial charge in [-0.05, 0) is 27.6 Å². The van der Waals surface area contributed by atoms with Crippen LogP contribution >= 0.6 is 15.9 Å². The number of halogens is 1. The number of carboxylic acids is 2. The average molecular weight is 354 g/mol. The highest BCUT2D eigenvalue weighted by Crippen LogP contribution is 2.12. The number of aromatic amines is 1. The topological polar surface area (TPSA) is 116 Å². The quantitative estimate of drug-likeness (QED) is 0.722. The number of nitrogens with zero attached hydrogens (tertiary/aromatic N) is 2. The zero-order chi connectivity index (χ0) is 15.7. The first-order valence-corrected chi connectivity index (χ1v) is 6.47. The van der Waals surface area contributed by atoms with Crippen molar-refractivity contribution in [3.05, 3.63) is 58.9 Å². The Morgan fingerprint density at radius 2 is 1.90 bits per heavy atom. The Morgan fingerprint density at radius 3 is 2.38 bits per heavy atom. The predicted octanol–water partition coefficient (Wildman–Crippen LogP) is 1.87. The van der Waals surface area contributed by atoms with E-state index < -0.39 is 11.9 Å². The van der Waals surface area contributed by atoms with E-state index in [-0.39, 0.29) is 0 Å². The highest BCUT2D eigenvalue weighted by Gasteiger charge is 1.98. The lowest BCUT2D eigenvalue weighted by molar-refractivity contribution is -0.134. The van der Waals surface area contributed by atoms with Gasteiger partial charge in [0, 0.05) is 41.6 Å². The number of hydrogen-bond acceptors (Lipinski definition) is 4. The Hall–Kier alpha value is -2.48. The number of rotatable bonds is 4. The first kappa shape index (κ1) is 16.6. The number of aromatic nitrogens is 3. The molecule has 110 valence electrons. The van der Waals surface area contributed by atoms with Gasteiger partial charge in [-0.25, -0.2) is 14.6 Å². The summed E-state index contributed by atoms with van der Waals surface area (Å²) in [5.41, 5.74) is 2.18. The van der Waals surface area contributed by atoms with E-state index in [1.165, 1.54) is 0 Å². The molecule has 0 radical (unpaired) electrons. The van der Waals surface area contributed by atoms with Crippen molar-refractivity contribution < 1.29 is 19.8 Å². The molecule has 2 aromatic rings. The van der Waals surface area contributed by atoms with Crippen molar-refractivity contribution in [3.8, 4) is 0 Å². The monoisotopic (exact) mass is 353 g/mol. The molecule has 0 saturated carbocycles. The summed E-state index contributed by atoms with van der Waals surface area (Å²) in [6.07, 6.45) is 9.12. The summed E-state index contributed by atoms with van der Waals surface area (Å²) in [5.74, 6) is -2.51. The molecule has 0 aliphatic heterocycles. The Morgan fingerprint density at radius 1 is 1.24 bits per heavy atom. The van der Waals surface area contributed by atoms with Gasteiger partial charge in [0.1, 0.15) is 0 Å². The van der Waals surface area contributed by atoms with Gasteiger partial charge in [0.15, 0.2) is 0 Å². The van der Waals surface area contributed by atoms with E-state index >= 15 is 0 Å². The molecular weight excluding hydrogens is 342 g/mol. The van der Waals surface area contributed by atoms with Crippen LogP contribution in [0.1, 0.15) is 11.3 Å². The van der Waals surface area contributed by atoms with Crippen LogP contribution in [0.5, 0.6) is 0 Å². The molecule has 3 N–H and O–H groups in total. The van der Waals surface area contributed by atoms with Crippen LogP contribution in [0, 0.1) is 0 Å². The SMILES string of the molecule is Brc1cncc(Cc2c[nH]cn2)c1.O=C(O)C=CC(=O)O. The highest BCUT2D eigenvalue weighted by molar-refractivity contribution is 9.10. The summed E-state index contributed by atoms with van der Waals surface area (Å²) in [5, 5.41) is 15.6. The van der Waals surface area contributed by atoms with Gasteiger partial charge in [-0.2, -0.15) is 0 Å². The molecule has 0 atom stereocenters. The lowest BCUT2D eigenvalue weighted by Gasteiger charge is -1.97. The number of imidazole rings is 1. The normalized spacial score (nSPS) is 9.95. The molecule has 0 aliphatic carbocycles. The van der Waals surface area contributed by atoms with Crippen LogP contribution in [0.4, 0.5) is 0 Å². The van der Waals surface area contributed by atoms with Crippen molar-refractivity contribution in [2.45, 2.75) is 6.42 Å². The van der Waals surface area contributed by atoms with Gasteiger partial charge in [-0.15, -0.1) is 0 Å². The van der Waals surface area contributed by atoms with Crippen LogP contribution in [0.15, 0.2) is 47.6 Å². The maximum absolute atomic E-state index is 9.55. The lowest BCUT2D eigenvalue weighted by atomic mass is 10.2. The van der Waals surface area contributed by atoms with Gasteiger partial charge in [0.2, 0.25) is 0 Å². The maximum atomic E-state index is 9.55. The largest absolute Gasteiger partial charge is 0.478 e. The fraction of sp³-hybridized carbons (Fsp3) is 0.0769. The number of carboxylic acid groups (broad SMARTS) is 2. The van der Waals surface area contributed by atoms with Crippen LogP contribution in [-0.4, -0.2) is 37.1 Å². The number of carbonyl (C=O) groups is 2. The number of aliphatic carboxylic acids is 2. The summed E-state index contributed by atoms with van der Waals surface area (Å²) in [7, 11) is 0. The zero-order valence-corrected chi connectivity index (χ0v) is 12.3. The van der Waals surface area contributed by atoms with E-state index in [4.69, 9.17) is 10.2 Å². The van der Waals surface area contributed by atoms with E-state index in [1.807, 2.05) is 18.5 Å². The van der Waals surface area contributed by atoms with Crippen molar-refractivity contribution in [3.63, 3.8) is 0 Å². The second-order valence-electron chi connectivity index (χ2n) is 3.76. The van der Waals surface area contributed by atoms with Crippen LogP contribution in [-0.2, 0) is 16.0 Å². The Balaban J connectivity index is 0.000000240. The first-order valence-electron chi connectivity index (χ1n) is 5.68. The molecule has 21 heavy (non-hydrogen) atoms. The molecule has 0 aliphatic rings. The van der Waals surface area contributed by atoms with Gasteiger partial charge in [-0.3, -0.25) is 4.98 Å². The minimum Gasteiger partial charge on any atom is -0.478 e. The summed E-state index contributed by atoms with van der Waals surface area (Å²) in [6, 6.07) is 2.04. The molecule has 7 nitrogen and oxygen atoms in total. The average Bonchev–Trinajstić information content (AvgIpc) is 2.90. The standard InChI is InChI=1S/C9H8BrN3.C4H4O4/c10-8-1-7(3-11-4-8)2-9-5-12-6-13-9;5-3(6)1-2-4(7)8/h1,3-6H,2H2,(H,12,13);1-2H,(H,5,6)(H,7,8). The lowest BCUT2D eigenvalue weighted by Crippen LogP contribution is -1.91. The molecule has 2 aromatic heterocycles. The highest BCUT2D eigenvalue weighted by atomic mass is 79.9. The van der Waals surface area contributed by atoms with Gasteiger partial charge < -0.3 is 15.2 Å². The van der Waals surface area contributed by atoms with E-state index in [0.717, 1.165) is 22.2 Å². The van der Waals surface area contributed by atoms with E-state index in [1.54, 1.807) is 12.5 Å². The van der Waals surface area contributed by atoms with Crippen LogP contribution < -0.4 is 0 Å². The third kappa shape index (κ3) is 7.63. The number of nitrogens with one attached hydrogen (secondary N) is 1. The van der Waals surface area contributed by atoms with Crippen molar-refractivity contribution in [2.24, 2.45) is 0 Å². The van der Waals surface area contributed by atoms with Gasteiger partial charge in [-0.1, -0.05) is 0 Å². The minimum atomic E-state index is -1.26. The third-order valence-corrected chi connectivity index (χ3v) is 2.50. The molecule has 0 saturated heterocycles. The van der Waals surface area contributed by atoms with Crippen molar-refractivity contribution >= 4 is 27.9 Å². The molecule has 0 unspecified atom stereocenters. The third-order valence-electron chi connectivity index (χ3n) is 2.07. The fourth-order valence-corrected chi connectivity index (χ4v) is 1.70. The molecule has 0 spiro atoms. The van der Waals surface area contributed by atoms with E-state index in [9.17, 15) is 9.59 Å². The Labute approximate surface area is 128 Å². The summed E-state index contributed by atoms with van der Waals surface area (Å²) in [4.78, 5) is 30.3. The van der Waals surface area contributed by atoms with E-state index in [0.29, 0.717) is 12.2 Å². The first-order chi connectivity index (χ1) is 9.97. The Bertz CT molecular complexity index is 610. The second kappa shape index (κ2) is 8.64.